The van der Waals surface area contributed by atoms with E-state index in [1.54, 1.807) is 0 Å². The molecule has 0 saturated heterocycles. The van der Waals surface area contributed by atoms with Gasteiger partial charge in [-0.3, -0.25) is 4.79 Å². The zero-order valence-corrected chi connectivity index (χ0v) is 8.95. The molecule has 1 rings (SSSR count). The largest absolute Gasteiger partial charge is 0.433 e. The molecule has 1 heterocycles. The highest BCUT2D eigenvalue weighted by molar-refractivity contribution is 5.73. The van der Waals surface area contributed by atoms with Crippen molar-refractivity contribution < 1.29 is 23.1 Å². The maximum atomic E-state index is 12.4. The van der Waals surface area contributed by atoms with Crippen molar-refractivity contribution >= 4 is 5.91 Å². The Morgan fingerprint density at radius 3 is 2.65 bits per heavy atom. The topological polar surface area (TPSA) is 62.2 Å². The molecule has 1 amide bonds. The van der Waals surface area contributed by atoms with E-state index in [-0.39, 0.29) is 5.69 Å². The molecule has 0 aliphatic carbocycles. The van der Waals surface area contributed by atoms with Crippen molar-refractivity contribution in [2.45, 2.75) is 19.1 Å². The number of rotatable bonds is 3. The fourth-order valence-corrected chi connectivity index (χ4v) is 1.26. The van der Waals surface area contributed by atoms with Gasteiger partial charge in [-0.1, -0.05) is 6.07 Å². The number of aliphatic hydroxyl groups is 1. The Kier molecular flexibility index (Phi) is 4.06. The van der Waals surface area contributed by atoms with Crippen molar-refractivity contribution in [3.8, 4) is 0 Å². The Morgan fingerprint density at radius 1 is 1.53 bits per heavy atom. The van der Waals surface area contributed by atoms with Crippen molar-refractivity contribution in [3.05, 3.63) is 29.6 Å². The van der Waals surface area contributed by atoms with Crippen molar-refractivity contribution in [2.75, 3.05) is 6.61 Å². The quantitative estimate of drug-likeness (QED) is 0.846. The number of alkyl halides is 3. The molecule has 17 heavy (non-hydrogen) atoms. The minimum absolute atomic E-state index is 0.0301. The monoisotopic (exact) mass is 248 g/mol. The number of aromatic nitrogens is 1. The van der Waals surface area contributed by atoms with Crippen molar-refractivity contribution in [1.82, 2.24) is 10.3 Å². The number of carbonyl (C=O) groups is 1. The average Bonchev–Trinajstić information content (AvgIpc) is 2.24. The second-order valence-corrected chi connectivity index (χ2v) is 3.38. The zero-order valence-electron chi connectivity index (χ0n) is 8.95. The van der Waals surface area contributed by atoms with E-state index in [0.29, 0.717) is 0 Å². The molecule has 7 heteroatoms. The third-order valence-electron chi connectivity index (χ3n) is 1.98. The van der Waals surface area contributed by atoms with Crippen LogP contribution in [0.15, 0.2) is 18.2 Å². The Balaban J connectivity index is 3.01. The van der Waals surface area contributed by atoms with Crippen LogP contribution >= 0.6 is 0 Å². The highest BCUT2D eigenvalue weighted by atomic mass is 19.4. The molecule has 94 valence electrons. The molecule has 1 atom stereocenters. The first kappa shape index (κ1) is 13.4. The first-order valence-electron chi connectivity index (χ1n) is 4.76. The summed E-state index contributed by atoms with van der Waals surface area (Å²) in [7, 11) is 0. The normalized spacial score (nSPS) is 13.2. The molecule has 0 fully saturated rings. The Bertz CT molecular complexity index is 407. The van der Waals surface area contributed by atoms with E-state index in [4.69, 9.17) is 5.11 Å². The van der Waals surface area contributed by atoms with Gasteiger partial charge < -0.3 is 10.4 Å². The van der Waals surface area contributed by atoms with Gasteiger partial charge in [-0.05, 0) is 12.1 Å². The summed E-state index contributed by atoms with van der Waals surface area (Å²) in [5.74, 6) is -0.455. The van der Waals surface area contributed by atoms with Crippen LogP contribution in [0.3, 0.4) is 0 Å². The number of nitrogens with zero attached hydrogens (tertiary/aromatic N) is 1. The van der Waals surface area contributed by atoms with Gasteiger partial charge in [0, 0.05) is 6.92 Å². The second kappa shape index (κ2) is 5.13. The molecule has 0 radical (unpaired) electrons. The van der Waals surface area contributed by atoms with E-state index in [0.717, 1.165) is 6.07 Å². The van der Waals surface area contributed by atoms with Gasteiger partial charge in [0.15, 0.2) is 0 Å². The van der Waals surface area contributed by atoms with E-state index in [1.807, 2.05) is 0 Å². The molecule has 0 aliphatic rings. The van der Waals surface area contributed by atoms with Gasteiger partial charge in [0.25, 0.3) is 0 Å². The summed E-state index contributed by atoms with van der Waals surface area (Å²) in [4.78, 5) is 14.2. The number of hydrogen-bond acceptors (Lipinski definition) is 3. The number of nitrogens with one attached hydrogen (secondary N) is 1. The van der Waals surface area contributed by atoms with E-state index in [2.05, 4.69) is 10.3 Å². The first-order valence-corrected chi connectivity index (χ1v) is 4.76. The standard InChI is InChI=1S/C10H11F3N2O2/c1-6(17)14-8(5-16)7-3-2-4-9(15-7)10(11,12)13/h2-4,8,16H,5H2,1H3,(H,14,17)/t8-/m1/s1. The fraction of sp³-hybridized carbons (Fsp3) is 0.400. The molecular formula is C10H11F3N2O2. The van der Waals surface area contributed by atoms with Gasteiger partial charge in [0.1, 0.15) is 5.69 Å². The van der Waals surface area contributed by atoms with E-state index in [9.17, 15) is 18.0 Å². The van der Waals surface area contributed by atoms with Crippen LogP contribution in [0.1, 0.15) is 24.4 Å². The number of amides is 1. The van der Waals surface area contributed by atoms with Gasteiger partial charge in [-0.2, -0.15) is 13.2 Å². The Hall–Kier alpha value is -1.63. The van der Waals surface area contributed by atoms with Crippen molar-refractivity contribution in [1.29, 1.82) is 0 Å². The van der Waals surface area contributed by atoms with Gasteiger partial charge in [0.05, 0.1) is 18.3 Å². The van der Waals surface area contributed by atoms with Crippen LogP contribution in [0.5, 0.6) is 0 Å². The van der Waals surface area contributed by atoms with Gasteiger partial charge >= 0.3 is 6.18 Å². The van der Waals surface area contributed by atoms with E-state index in [1.165, 1.54) is 19.1 Å². The van der Waals surface area contributed by atoms with Gasteiger partial charge in [-0.15, -0.1) is 0 Å². The highest BCUT2D eigenvalue weighted by Crippen LogP contribution is 2.28. The van der Waals surface area contributed by atoms with Crippen LogP contribution in [0.2, 0.25) is 0 Å². The maximum absolute atomic E-state index is 12.4. The highest BCUT2D eigenvalue weighted by Gasteiger charge is 2.33. The van der Waals surface area contributed by atoms with Gasteiger partial charge in [-0.25, -0.2) is 4.98 Å². The third kappa shape index (κ3) is 3.70. The Morgan fingerprint density at radius 2 is 2.18 bits per heavy atom. The van der Waals surface area contributed by atoms with Crippen LogP contribution in [-0.2, 0) is 11.0 Å². The van der Waals surface area contributed by atoms with Crippen LogP contribution < -0.4 is 5.32 Å². The predicted molar refractivity (Wildman–Crippen MR) is 52.9 cm³/mol. The molecule has 0 unspecified atom stereocenters. The molecule has 2 N–H and O–H groups in total. The minimum atomic E-state index is -4.55. The van der Waals surface area contributed by atoms with Crippen molar-refractivity contribution in [3.63, 3.8) is 0 Å². The summed E-state index contributed by atoms with van der Waals surface area (Å²) in [6, 6.07) is 2.38. The summed E-state index contributed by atoms with van der Waals surface area (Å²) in [6.07, 6.45) is -4.55. The van der Waals surface area contributed by atoms with E-state index < -0.39 is 30.4 Å². The minimum Gasteiger partial charge on any atom is -0.394 e. The van der Waals surface area contributed by atoms with E-state index >= 15 is 0 Å². The first-order chi connectivity index (χ1) is 7.84. The summed E-state index contributed by atoms with van der Waals surface area (Å²) >= 11 is 0. The lowest BCUT2D eigenvalue weighted by molar-refractivity contribution is -0.141. The molecule has 0 saturated carbocycles. The summed E-state index contributed by atoms with van der Waals surface area (Å²) in [5, 5.41) is 11.3. The molecule has 0 bridgehead atoms. The molecule has 4 nitrogen and oxygen atoms in total. The molecule has 1 aromatic heterocycles. The molecule has 0 aromatic carbocycles. The summed E-state index contributed by atoms with van der Waals surface area (Å²) in [6.45, 7) is 0.685. The van der Waals surface area contributed by atoms with Crippen LogP contribution in [0.4, 0.5) is 13.2 Å². The van der Waals surface area contributed by atoms with Crippen LogP contribution in [0, 0.1) is 0 Å². The van der Waals surface area contributed by atoms with Crippen LogP contribution in [-0.4, -0.2) is 22.6 Å². The smallest absolute Gasteiger partial charge is 0.394 e. The average molecular weight is 248 g/mol. The molecule has 0 aliphatic heterocycles. The lowest BCUT2D eigenvalue weighted by Gasteiger charge is -2.16. The third-order valence-corrected chi connectivity index (χ3v) is 1.98. The molecular weight excluding hydrogens is 237 g/mol. The van der Waals surface area contributed by atoms with Crippen LogP contribution in [0.25, 0.3) is 0 Å². The molecule has 0 spiro atoms. The lowest BCUT2D eigenvalue weighted by Crippen LogP contribution is -2.29. The zero-order chi connectivity index (χ0) is 13.1. The number of carbonyl (C=O) groups excluding carboxylic acids is 1. The molecule has 1 aromatic rings. The Labute approximate surface area is 95.5 Å². The number of aliphatic hydroxyl groups excluding tert-OH is 1. The predicted octanol–water partition coefficient (Wildman–Crippen LogP) is 1.27. The SMILES string of the molecule is CC(=O)N[C@H](CO)c1cccc(C(F)(F)F)n1. The summed E-state index contributed by atoms with van der Waals surface area (Å²) < 4.78 is 37.2. The van der Waals surface area contributed by atoms with Gasteiger partial charge in [0.2, 0.25) is 5.91 Å². The second-order valence-electron chi connectivity index (χ2n) is 3.38. The fourth-order valence-electron chi connectivity index (χ4n) is 1.26. The lowest BCUT2D eigenvalue weighted by atomic mass is 10.2. The van der Waals surface area contributed by atoms with Crippen molar-refractivity contribution in [2.24, 2.45) is 0 Å². The maximum Gasteiger partial charge on any atom is 0.433 e. The number of hydrogen-bond donors (Lipinski definition) is 2. The number of pyridine rings is 1. The summed E-state index contributed by atoms with van der Waals surface area (Å²) in [5.41, 5.74) is -1.09. The number of halogens is 3.